The molecule has 6 nitrogen and oxygen atoms in total. The van der Waals surface area contributed by atoms with E-state index < -0.39 is 5.60 Å². The van der Waals surface area contributed by atoms with Gasteiger partial charge in [-0.2, -0.15) is 0 Å². The number of carbonyl (C=O) groups is 1. The Bertz CT molecular complexity index is 403. The average molecular weight is 224 g/mol. The fraction of sp³-hybridized carbons (Fsp3) is 0.700. The highest BCUT2D eigenvalue weighted by Gasteiger charge is 2.37. The Balaban J connectivity index is 2.08. The van der Waals surface area contributed by atoms with Crippen LogP contribution in [-0.2, 0) is 7.05 Å². The van der Waals surface area contributed by atoms with E-state index in [1.54, 1.807) is 18.1 Å². The molecule has 1 unspecified atom stereocenters. The fourth-order valence-corrected chi connectivity index (χ4v) is 1.93. The van der Waals surface area contributed by atoms with E-state index in [0.29, 0.717) is 31.6 Å². The molecule has 1 saturated heterocycles. The van der Waals surface area contributed by atoms with Crippen LogP contribution >= 0.6 is 0 Å². The molecule has 1 aromatic heterocycles. The quantitative estimate of drug-likeness (QED) is 0.755. The van der Waals surface area contributed by atoms with E-state index >= 15 is 0 Å². The SMILES string of the molecule is CCC1(O)CCN(C(=O)c2cn(C)nn2)C1. The number of rotatable bonds is 2. The van der Waals surface area contributed by atoms with Crippen molar-refractivity contribution >= 4 is 5.91 Å². The van der Waals surface area contributed by atoms with Gasteiger partial charge in [0.15, 0.2) is 5.69 Å². The average Bonchev–Trinajstić information content (AvgIpc) is 2.85. The van der Waals surface area contributed by atoms with E-state index in [2.05, 4.69) is 10.3 Å². The second-order valence-corrected chi connectivity index (χ2v) is 4.33. The van der Waals surface area contributed by atoms with Crippen LogP contribution in [0.2, 0.25) is 0 Å². The number of β-amino-alcohol motifs (C(OH)–C–C–N with tert-alkyl or cyclic N) is 1. The molecule has 6 heteroatoms. The van der Waals surface area contributed by atoms with Crippen LogP contribution in [0.4, 0.5) is 0 Å². The molecule has 88 valence electrons. The molecule has 0 aliphatic carbocycles. The number of hydrogen-bond donors (Lipinski definition) is 1. The first kappa shape index (κ1) is 11.1. The maximum Gasteiger partial charge on any atom is 0.276 e. The number of aryl methyl sites for hydroxylation is 1. The predicted octanol–water partition coefficient (Wildman–Crippen LogP) is -0.198. The zero-order valence-corrected chi connectivity index (χ0v) is 9.55. The Morgan fingerprint density at radius 2 is 2.44 bits per heavy atom. The molecule has 1 fully saturated rings. The molecule has 16 heavy (non-hydrogen) atoms. The monoisotopic (exact) mass is 224 g/mol. The van der Waals surface area contributed by atoms with Crippen molar-refractivity contribution in [1.29, 1.82) is 0 Å². The molecule has 1 aliphatic heterocycles. The topological polar surface area (TPSA) is 71.2 Å². The van der Waals surface area contributed by atoms with E-state index in [0.717, 1.165) is 0 Å². The standard InChI is InChI=1S/C10H16N4O2/c1-3-10(16)4-5-14(7-10)9(15)8-6-13(2)12-11-8/h6,16H,3-5,7H2,1-2H3. The number of hydrogen-bond acceptors (Lipinski definition) is 4. The largest absolute Gasteiger partial charge is 0.388 e. The van der Waals surface area contributed by atoms with Crippen LogP contribution < -0.4 is 0 Å². The zero-order valence-electron chi connectivity index (χ0n) is 9.55. The first-order valence-corrected chi connectivity index (χ1v) is 5.42. The van der Waals surface area contributed by atoms with Gasteiger partial charge >= 0.3 is 0 Å². The van der Waals surface area contributed by atoms with Gasteiger partial charge in [0.2, 0.25) is 0 Å². The molecule has 0 spiro atoms. The highest BCUT2D eigenvalue weighted by molar-refractivity contribution is 5.92. The number of aromatic nitrogens is 3. The van der Waals surface area contributed by atoms with Crippen LogP contribution in [0.25, 0.3) is 0 Å². The minimum absolute atomic E-state index is 0.155. The Morgan fingerprint density at radius 3 is 2.94 bits per heavy atom. The van der Waals surface area contributed by atoms with Gasteiger partial charge in [-0.25, -0.2) is 0 Å². The molecular weight excluding hydrogens is 208 g/mol. The Hall–Kier alpha value is -1.43. The van der Waals surface area contributed by atoms with Crippen molar-refractivity contribution in [2.75, 3.05) is 13.1 Å². The van der Waals surface area contributed by atoms with Crippen LogP contribution in [0.5, 0.6) is 0 Å². The molecule has 0 radical (unpaired) electrons. The van der Waals surface area contributed by atoms with Crippen molar-refractivity contribution in [3.63, 3.8) is 0 Å². The molecule has 0 bridgehead atoms. The van der Waals surface area contributed by atoms with Crippen molar-refractivity contribution in [2.45, 2.75) is 25.4 Å². The Labute approximate surface area is 93.9 Å². The van der Waals surface area contributed by atoms with Crippen LogP contribution in [-0.4, -0.2) is 49.6 Å². The highest BCUT2D eigenvalue weighted by atomic mass is 16.3. The van der Waals surface area contributed by atoms with E-state index in [1.807, 2.05) is 6.92 Å². The third-order valence-corrected chi connectivity index (χ3v) is 3.10. The Kier molecular flexibility index (Phi) is 2.67. The summed E-state index contributed by atoms with van der Waals surface area (Å²) < 4.78 is 1.50. The lowest BCUT2D eigenvalue weighted by atomic mass is 10.0. The van der Waals surface area contributed by atoms with Crippen molar-refractivity contribution < 1.29 is 9.90 Å². The molecule has 1 N–H and O–H groups in total. The Morgan fingerprint density at radius 1 is 1.69 bits per heavy atom. The first-order valence-electron chi connectivity index (χ1n) is 5.42. The van der Waals surface area contributed by atoms with Crippen molar-refractivity contribution in [2.24, 2.45) is 7.05 Å². The van der Waals surface area contributed by atoms with Crippen LogP contribution in [0.1, 0.15) is 30.3 Å². The van der Waals surface area contributed by atoms with Gasteiger partial charge in [-0.05, 0) is 12.8 Å². The van der Waals surface area contributed by atoms with Gasteiger partial charge < -0.3 is 10.0 Å². The summed E-state index contributed by atoms with van der Waals surface area (Å²) >= 11 is 0. The highest BCUT2D eigenvalue weighted by Crippen LogP contribution is 2.25. The molecule has 1 aromatic rings. The number of likely N-dealkylation sites (tertiary alicyclic amines) is 1. The van der Waals surface area contributed by atoms with E-state index in [9.17, 15) is 9.90 Å². The lowest BCUT2D eigenvalue weighted by Crippen LogP contribution is -2.35. The summed E-state index contributed by atoms with van der Waals surface area (Å²) in [5, 5.41) is 17.5. The predicted molar refractivity (Wildman–Crippen MR) is 56.8 cm³/mol. The molecule has 2 rings (SSSR count). The second kappa shape index (κ2) is 3.86. The summed E-state index contributed by atoms with van der Waals surface area (Å²) in [4.78, 5) is 13.6. The van der Waals surface area contributed by atoms with Crippen LogP contribution in [0.3, 0.4) is 0 Å². The van der Waals surface area contributed by atoms with Gasteiger partial charge in [0.25, 0.3) is 5.91 Å². The number of aliphatic hydroxyl groups is 1. The zero-order chi connectivity index (χ0) is 11.8. The van der Waals surface area contributed by atoms with E-state index in [4.69, 9.17) is 0 Å². The minimum atomic E-state index is -0.724. The van der Waals surface area contributed by atoms with Gasteiger partial charge in [0.1, 0.15) is 0 Å². The third kappa shape index (κ3) is 1.92. The number of nitrogens with zero attached hydrogens (tertiary/aromatic N) is 4. The van der Waals surface area contributed by atoms with Gasteiger partial charge in [-0.1, -0.05) is 12.1 Å². The summed E-state index contributed by atoms with van der Waals surface area (Å²) in [6.07, 6.45) is 2.89. The molecule has 1 amide bonds. The fourth-order valence-electron chi connectivity index (χ4n) is 1.93. The van der Waals surface area contributed by atoms with Gasteiger partial charge in [-0.3, -0.25) is 9.48 Å². The summed E-state index contributed by atoms with van der Waals surface area (Å²) in [5.41, 5.74) is -0.388. The summed E-state index contributed by atoms with van der Waals surface area (Å²) in [5.74, 6) is -0.155. The maximum atomic E-state index is 12.0. The lowest BCUT2D eigenvalue weighted by Gasteiger charge is -2.20. The van der Waals surface area contributed by atoms with Crippen LogP contribution in [0, 0.1) is 0 Å². The number of amides is 1. The maximum absolute atomic E-state index is 12.0. The smallest absolute Gasteiger partial charge is 0.276 e. The van der Waals surface area contributed by atoms with Gasteiger partial charge in [0.05, 0.1) is 11.8 Å². The van der Waals surface area contributed by atoms with Crippen molar-refractivity contribution in [3.8, 4) is 0 Å². The van der Waals surface area contributed by atoms with E-state index in [-0.39, 0.29) is 5.91 Å². The second-order valence-electron chi connectivity index (χ2n) is 4.33. The molecular formula is C10H16N4O2. The molecule has 2 heterocycles. The van der Waals surface area contributed by atoms with E-state index in [1.165, 1.54) is 4.68 Å². The summed E-state index contributed by atoms with van der Waals surface area (Å²) in [7, 11) is 1.72. The van der Waals surface area contributed by atoms with Crippen molar-refractivity contribution in [1.82, 2.24) is 19.9 Å². The minimum Gasteiger partial charge on any atom is -0.388 e. The van der Waals surface area contributed by atoms with Gasteiger partial charge in [-0.15, -0.1) is 5.10 Å². The molecule has 1 aliphatic rings. The number of carbonyl (C=O) groups excluding carboxylic acids is 1. The van der Waals surface area contributed by atoms with Crippen LogP contribution in [0.15, 0.2) is 6.20 Å². The first-order chi connectivity index (χ1) is 7.54. The molecule has 0 aromatic carbocycles. The third-order valence-electron chi connectivity index (χ3n) is 3.10. The molecule has 1 atom stereocenters. The lowest BCUT2D eigenvalue weighted by molar-refractivity contribution is 0.0411. The van der Waals surface area contributed by atoms with Crippen molar-refractivity contribution in [3.05, 3.63) is 11.9 Å². The van der Waals surface area contributed by atoms with Gasteiger partial charge in [0, 0.05) is 20.1 Å². The normalized spacial score (nSPS) is 25.1. The summed E-state index contributed by atoms with van der Waals surface area (Å²) in [6, 6.07) is 0. The summed E-state index contributed by atoms with van der Waals surface area (Å²) in [6.45, 7) is 2.90. The molecule has 0 saturated carbocycles.